The molecular formula is C10H13FN2S. The number of hydrogen-bond donors (Lipinski definition) is 1. The summed E-state index contributed by atoms with van der Waals surface area (Å²) in [5.41, 5.74) is 6.37. The number of nitrogens with zero attached hydrogens (tertiary/aromatic N) is 1. The molecule has 1 rings (SSSR count). The van der Waals surface area contributed by atoms with Crippen LogP contribution in [0.3, 0.4) is 0 Å². The Morgan fingerprint density at radius 3 is 2.57 bits per heavy atom. The predicted molar refractivity (Wildman–Crippen MR) is 59.6 cm³/mol. The second-order valence-electron chi connectivity index (χ2n) is 3.32. The maximum atomic E-state index is 13.0. The third-order valence-corrected chi connectivity index (χ3v) is 2.17. The van der Waals surface area contributed by atoms with E-state index in [1.54, 1.807) is 6.07 Å². The van der Waals surface area contributed by atoms with Crippen LogP contribution in [-0.2, 0) is 0 Å². The average molecular weight is 212 g/mol. The molecule has 76 valence electrons. The highest BCUT2D eigenvalue weighted by atomic mass is 32.1. The van der Waals surface area contributed by atoms with Crippen molar-refractivity contribution in [3.8, 4) is 0 Å². The highest BCUT2D eigenvalue weighted by Gasteiger charge is 2.16. The molecule has 14 heavy (non-hydrogen) atoms. The number of thiocarbonyl (C=S) groups is 1. The van der Waals surface area contributed by atoms with Gasteiger partial charge in [0.2, 0.25) is 0 Å². The molecule has 2 nitrogen and oxygen atoms in total. The Kier molecular flexibility index (Phi) is 3.55. The molecule has 0 aromatic heterocycles. The fraction of sp³-hybridized carbons (Fsp3) is 0.300. The van der Waals surface area contributed by atoms with Gasteiger partial charge in [0.05, 0.1) is 11.0 Å². The summed E-state index contributed by atoms with van der Waals surface area (Å²) >= 11 is 4.93. The minimum Gasteiger partial charge on any atom is -0.392 e. The van der Waals surface area contributed by atoms with E-state index in [-0.39, 0.29) is 11.9 Å². The zero-order valence-corrected chi connectivity index (χ0v) is 9.01. The number of rotatable bonds is 3. The van der Waals surface area contributed by atoms with E-state index in [9.17, 15) is 4.39 Å². The summed E-state index contributed by atoms with van der Waals surface area (Å²) in [4.78, 5) is 2.21. The fourth-order valence-corrected chi connectivity index (χ4v) is 1.74. The van der Waals surface area contributed by atoms with Gasteiger partial charge in [-0.15, -0.1) is 0 Å². The lowest BCUT2D eigenvalue weighted by atomic mass is 10.1. The molecular weight excluding hydrogens is 199 g/mol. The molecule has 0 saturated carbocycles. The second kappa shape index (κ2) is 4.48. The third kappa shape index (κ3) is 2.49. The summed E-state index contributed by atoms with van der Waals surface area (Å²) in [5, 5.41) is 0. The van der Waals surface area contributed by atoms with Gasteiger partial charge < -0.3 is 5.73 Å². The second-order valence-corrected chi connectivity index (χ2v) is 3.79. The van der Waals surface area contributed by atoms with Crippen LogP contribution in [0, 0.1) is 5.82 Å². The van der Waals surface area contributed by atoms with E-state index >= 15 is 0 Å². The van der Waals surface area contributed by atoms with Crippen LogP contribution < -0.4 is 5.73 Å². The Bertz CT molecular complexity index is 339. The fourth-order valence-electron chi connectivity index (χ4n) is 1.39. The number of nitrogens with two attached hydrogens (primary N) is 1. The average Bonchev–Trinajstić information content (AvgIpc) is 2.02. The molecule has 4 heteroatoms. The molecule has 0 spiro atoms. The molecule has 0 bridgehead atoms. The molecule has 0 radical (unpaired) electrons. The molecule has 1 aromatic rings. The van der Waals surface area contributed by atoms with Gasteiger partial charge in [0.25, 0.3) is 0 Å². The molecule has 0 aliphatic heterocycles. The molecule has 1 unspecified atom stereocenters. The van der Waals surface area contributed by atoms with Gasteiger partial charge in [0.1, 0.15) is 5.82 Å². The van der Waals surface area contributed by atoms with Crippen LogP contribution in [0.2, 0.25) is 0 Å². The molecule has 0 aliphatic rings. The molecule has 0 aliphatic carbocycles. The van der Waals surface area contributed by atoms with Gasteiger partial charge in [-0.2, -0.15) is 0 Å². The molecule has 2 N–H and O–H groups in total. The van der Waals surface area contributed by atoms with Crippen LogP contribution in [0.25, 0.3) is 0 Å². The van der Waals surface area contributed by atoms with E-state index < -0.39 is 0 Å². The summed E-state index contributed by atoms with van der Waals surface area (Å²) in [7, 11) is 3.71. The number of halogens is 1. The monoisotopic (exact) mass is 212 g/mol. The Balaban J connectivity index is 3.05. The van der Waals surface area contributed by atoms with Crippen molar-refractivity contribution in [2.24, 2.45) is 5.73 Å². The first-order valence-corrected chi connectivity index (χ1v) is 4.64. The van der Waals surface area contributed by atoms with E-state index in [4.69, 9.17) is 18.0 Å². The lowest BCUT2D eigenvalue weighted by Gasteiger charge is -2.23. The molecule has 1 aromatic carbocycles. The zero-order chi connectivity index (χ0) is 10.7. The van der Waals surface area contributed by atoms with Crippen molar-refractivity contribution in [1.29, 1.82) is 0 Å². The van der Waals surface area contributed by atoms with Gasteiger partial charge in [-0.3, -0.25) is 4.90 Å². The van der Waals surface area contributed by atoms with Crippen molar-refractivity contribution >= 4 is 17.2 Å². The van der Waals surface area contributed by atoms with Gasteiger partial charge in [0, 0.05) is 0 Å². The first-order chi connectivity index (χ1) is 6.52. The lowest BCUT2D eigenvalue weighted by Crippen LogP contribution is -2.31. The van der Waals surface area contributed by atoms with E-state index in [1.165, 1.54) is 12.1 Å². The van der Waals surface area contributed by atoms with Gasteiger partial charge >= 0.3 is 0 Å². The summed E-state index contributed by atoms with van der Waals surface area (Å²) in [6.07, 6.45) is 0. The Morgan fingerprint density at radius 1 is 1.50 bits per heavy atom. The summed E-state index contributed by atoms with van der Waals surface area (Å²) in [6, 6.07) is 6.10. The van der Waals surface area contributed by atoms with E-state index in [1.807, 2.05) is 25.1 Å². The molecule has 0 heterocycles. The van der Waals surface area contributed by atoms with Crippen LogP contribution in [0.5, 0.6) is 0 Å². The third-order valence-electron chi connectivity index (χ3n) is 1.95. The highest BCUT2D eigenvalue weighted by molar-refractivity contribution is 7.80. The minimum absolute atomic E-state index is 0.208. The molecule has 0 fully saturated rings. The SMILES string of the molecule is CN(C)C(C(N)=S)c1cccc(F)c1. The van der Waals surface area contributed by atoms with E-state index in [2.05, 4.69) is 0 Å². The Morgan fingerprint density at radius 2 is 2.14 bits per heavy atom. The van der Waals surface area contributed by atoms with E-state index in [0.29, 0.717) is 4.99 Å². The summed E-state index contributed by atoms with van der Waals surface area (Å²) in [6.45, 7) is 0. The van der Waals surface area contributed by atoms with Crippen molar-refractivity contribution in [3.05, 3.63) is 35.6 Å². The van der Waals surface area contributed by atoms with Crippen LogP contribution in [0.4, 0.5) is 4.39 Å². The van der Waals surface area contributed by atoms with Crippen molar-refractivity contribution in [2.45, 2.75) is 6.04 Å². The van der Waals surface area contributed by atoms with Crippen molar-refractivity contribution in [2.75, 3.05) is 14.1 Å². The molecule has 1 atom stereocenters. The van der Waals surface area contributed by atoms with Crippen LogP contribution in [0.15, 0.2) is 24.3 Å². The topological polar surface area (TPSA) is 29.3 Å². The quantitative estimate of drug-likeness (QED) is 0.773. The largest absolute Gasteiger partial charge is 0.392 e. The summed E-state index contributed by atoms with van der Waals surface area (Å²) < 4.78 is 13.0. The Hall–Kier alpha value is -1.00. The van der Waals surface area contributed by atoms with Crippen LogP contribution in [0.1, 0.15) is 11.6 Å². The lowest BCUT2D eigenvalue weighted by molar-refractivity contribution is 0.370. The van der Waals surface area contributed by atoms with Crippen LogP contribution in [-0.4, -0.2) is 24.0 Å². The highest BCUT2D eigenvalue weighted by Crippen LogP contribution is 2.18. The first-order valence-electron chi connectivity index (χ1n) is 4.23. The van der Waals surface area contributed by atoms with Crippen LogP contribution >= 0.6 is 12.2 Å². The van der Waals surface area contributed by atoms with Crippen molar-refractivity contribution < 1.29 is 4.39 Å². The smallest absolute Gasteiger partial charge is 0.123 e. The van der Waals surface area contributed by atoms with E-state index in [0.717, 1.165) is 5.56 Å². The maximum Gasteiger partial charge on any atom is 0.123 e. The standard InChI is InChI=1S/C10H13FN2S/c1-13(2)9(10(12)14)7-4-3-5-8(11)6-7/h3-6,9H,1-2H3,(H2,12,14). The van der Waals surface area contributed by atoms with Gasteiger partial charge in [-0.1, -0.05) is 24.4 Å². The molecule has 0 amide bonds. The van der Waals surface area contributed by atoms with Gasteiger partial charge in [-0.05, 0) is 31.8 Å². The predicted octanol–water partition coefficient (Wildman–Crippen LogP) is 1.71. The minimum atomic E-state index is -0.273. The first kappa shape index (κ1) is 11.1. The number of likely N-dealkylation sites (N-methyl/N-ethyl adjacent to an activating group) is 1. The number of benzene rings is 1. The van der Waals surface area contributed by atoms with Crippen molar-refractivity contribution in [1.82, 2.24) is 4.90 Å². The van der Waals surface area contributed by atoms with Gasteiger partial charge in [0.15, 0.2) is 0 Å². The zero-order valence-electron chi connectivity index (χ0n) is 8.20. The van der Waals surface area contributed by atoms with Crippen molar-refractivity contribution in [3.63, 3.8) is 0 Å². The Labute approximate surface area is 88.5 Å². The molecule has 0 saturated heterocycles. The maximum absolute atomic E-state index is 13.0. The van der Waals surface area contributed by atoms with Gasteiger partial charge in [-0.25, -0.2) is 4.39 Å². The number of hydrogen-bond acceptors (Lipinski definition) is 2. The summed E-state index contributed by atoms with van der Waals surface area (Å²) in [5.74, 6) is -0.273. The normalized spacial score (nSPS) is 12.9.